The van der Waals surface area contributed by atoms with Gasteiger partial charge in [-0.1, -0.05) is 0 Å². The van der Waals surface area contributed by atoms with Gasteiger partial charge in [0, 0.05) is 18.3 Å². The van der Waals surface area contributed by atoms with Gasteiger partial charge in [-0.05, 0) is 19.3 Å². The Morgan fingerprint density at radius 1 is 1.64 bits per heavy atom. The van der Waals surface area contributed by atoms with E-state index in [0.717, 1.165) is 24.1 Å². The molecule has 2 N–H and O–H groups in total. The van der Waals surface area contributed by atoms with E-state index >= 15 is 0 Å². The number of aromatic nitrogens is 2. The molecule has 5 nitrogen and oxygen atoms in total. The zero-order valence-electron chi connectivity index (χ0n) is 7.97. The molecule has 1 atom stereocenters. The summed E-state index contributed by atoms with van der Waals surface area (Å²) in [7, 11) is -1.66. The first kappa shape index (κ1) is 9.67. The molecule has 78 valence electrons. The fraction of sp³-hybridized carbons (Fsp3) is 0.625. The summed E-state index contributed by atoms with van der Waals surface area (Å²) >= 11 is 0. The van der Waals surface area contributed by atoms with Crippen molar-refractivity contribution in [3.63, 3.8) is 0 Å². The fourth-order valence-corrected chi connectivity index (χ4v) is 3.05. The molecule has 0 saturated carbocycles. The molecular formula is C8H13N3O2S. The Balaban J connectivity index is 2.52. The summed E-state index contributed by atoms with van der Waals surface area (Å²) in [5, 5.41) is 8.67. The minimum absolute atomic E-state index is 0.556. The molecule has 0 fully saturated rings. The maximum atomic E-state index is 11.3. The summed E-state index contributed by atoms with van der Waals surface area (Å²) in [4.78, 5) is 0. The topological polar surface area (TPSA) is 78.0 Å². The smallest absolute Gasteiger partial charge is 0.216 e. The van der Waals surface area contributed by atoms with Crippen molar-refractivity contribution < 1.29 is 8.42 Å². The van der Waals surface area contributed by atoms with Crippen LogP contribution in [0.2, 0.25) is 0 Å². The fourth-order valence-electron chi connectivity index (χ4n) is 2.01. The van der Waals surface area contributed by atoms with Gasteiger partial charge in [-0.2, -0.15) is 5.10 Å². The second-order valence-corrected chi connectivity index (χ2v) is 5.39. The first-order valence-corrected chi connectivity index (χ1v) is 6.13. The van der Waals surface area contributed by atoms with Crippen molar-refractivity contribution in [3.05, 3.63) is 17.5 Å². The molecule has 1 aliphatic rings. The van der Waals surface area contributed by atoms with Crippen molar-refractivity contribution in [2.24, 2.45) is 12.2 Å². The summed E-state index contributed by atoms with van der Waals surface area (Å²) in [6.45, 7) is 0. The first-order chi connectivity index (χ1) is 6.50. The maximum Gasteiger partial charge on any atom is 0.216 e. The van der Waals surface area contributed by atoms with Crippen LogP contribution in [-0.2, 0) is 23.5 Å². The van der Waals surface area contributed by atoms with Gasteiger partial charge in [0.25, 0.3) is 0 Å². The van der Waals surface area contributed by atoms with Crippen LogP contribution in [0, 0.1) is 0 Å². The number of hydrogen-bond donors (Lipinski definition) is 1. The highest BCUT2D eigenvalue weighted by molar-refractivity contribution is 7.89. The Kier molecular flexibility index (Phi) is 2.11. The molecule has 0 amide bonds. The van der Waals surface area contributed by atoms with Gasteiger partial charge in [0.2, 0.25) is 10.0 Å². The number of nitrogens with zero attached hydrogens (tertiary/aromatic N) is 2. The number of fused-ring (bicyclic) bond motifs is 1. The Labute approximate surface area is 83.0 Å². The van der Waals surface area contributed by atoms with Gasteiger partial charge < -0.3 is 0 Å². The lowest BCUT2D eigenvalue weighted by Crippen LogP contribution is -2.25. The Morgan fingerprint density at radius 3 is 3.00 bits per heavy atom. The van der Waals surface area contributed by atoms with Gasteiger partial charge >= 0.3 is 0 Å². The van der Waals surface area contributed by atoms with Crippen LogP contribution in [0.15, 0.2) is 6.20 Å². The average Bonchev–Trinajstić information content (AvgIpc) is 2.46. The highest BCUT2D eigenvalue weighted by atomic mass is 32.2. The molecular weight excluding hydrogens is 202 g/mol. The third-order valence-electron chi connectivity index (χ3n) is 2.72. The van der Waals surface area contributed by atoms with Crippen LogP contribution in [0.3, 0.4) is 0 Å². The van der Waals surface area contributed by atoms with E-state index in [1.807, 2.05) is 7.05 Å². The SMILES string of the molecule is Cn1ncc2c1CCCC2S(N)(=O)=O. The van der Waals surface area contributed by atoms with Crippen molar-refractivity contribution in [2.75, 3.05) is 0 Å². The third-order valence-corrected chi connectivity index (χ3v) is 4.00. The quantitative estimate of drug-likeness (QED) is 0.721. The maximum absolute atomic E-state index is 11.3. The lowest BCUT2D eigenvalue weighted by molar-refractivity contribution is 0.554. The van der Waals surface area contributed by atoms with Gasteiger partial charge in [0.05, 0.1) is 6.20 Å². The molecule has 0 saturated heterocycles. The summed E-state index contributed by atoms with van der Waals surface area (Å²) in [6.07, 6.45) is 3.96. The van der Waals surface area contributed by atoms with Crippen LogP contribution in [0.4, 0.5) is 0 Å². The van der Waals surface area contributed by atoms with E-state index in [-0.39, 0.29) is 0 Å². The van der Waals surface area contributed by atoms with E-state index in [2.05, 4.69) is 5.10 Å². The molecule has 6 heteroatoms. The largest absolute Gasteiger partial charge is 0.272 e. The number of hydrogen-bond acceptors (Lipinski definition) is 3. The molecule has 14 heavy (non-hydrogen) atoms. The van der Waals surface area contributed by atoms with Crippen molar-refractivity contribution >= 4 is 10.0 Å². The van der Waals surface area contributed by atoms with Gasteiger partial charge in [-0.25, -0.2) is 13.6 Å². The zero-order chi connectivity index (χ0) is 10.3. The molecule has 0 radical (unpaired) electrons. The van der Waals surface area contributed by atoms with Gasteiger partial charge in [0.1, 0.15) is 5.25 Å². The highest BCUT2D eigenvalue weighted by Gasteiger charge is 2.30. The standard InChI is InChI=1S/C8H13N3O2S/c1-11-7-3-2-4-8(14(9,12)13)6(7)5-10-11/h5,8H,2-4H2,1H3,(H2,9,12,13). The summed E-state index contributed by atoms with van der Waals surface area (Å²) in [6, 6.07) is 0. The van der Waals surface area contributed by atoms with Gasteiger partial charge in [0.15, 0.2) is 0 Å². The summed E-state index contributed by atoms with van der Waals surface area (Å²) < 4.78 is 24.3. The van der Waals surface area contributed by atoms with Gasteiger partial charge in [-0.15, -0.1) is 0 Å². The van der Waals surface area contributed by atoms with Crippen molar-refractivity contribution in [3.8, 4) is 0 Å². The molecule has 1 heterocycles. The first-order valence-electron chi connectivity index (χ1n) is 4.52. The molecule has 1 aromatic rings. The molecule has 1 aliphatic carbocycles. The lowest BCUT2D eigenvalue weighted by atomic mass is 9.98. The van der Waals surface area contributed by atoms with Gasteiger partial charge in [-0.3, -0.25) is 4.68 Å². The van der Waals surface area contributed by atoms with E-state index in [9.17, 15) is 8.42 Å². The minimum atomic E-state index is -3.48. The van der Waals surface area contributed by atoms with E-state index < -0.39 is 15.3 Å². The summed E-state index contributed by atoms with van der Waals surface area (Å²) in [5.74, 6) is 0. The van der Waals surface area contributed by atoms with Crippen molar-refractivity contribution in [1.82, 2.24) is 9.78 Å². The van der Waals surface area contributed by atoms with E-state index in [4.69, 9.17) is 5.14 Å². The average molecular weight is 215 g/mol. The van der Waals surface area contributed by atoms with E-state index in [0.29, 0.717) is 6.42 Å². The Hall–Kier alpha value is -0.880. The molecule has 1 unspecified atom stereocenters. The number of sulfonamides is 1. The van der Waals surface area contributed by atoms with E-state index in [1.54, 1.807) is 10.9 Å². The second kappa shape index (κ2) is 3.06. The molecule has 0 aliphatic heterocycles. The minimum Gasteiger partial charge on any atom is -0.272 e. The predicted molar refractivity (Wildman–Crippen MR) is 52.0 cm³/mol. The molecule has 0 aromatic carbocycles. The number of nitrogens with two attached hydrogens (primary N) is 1. The van der Waals surface area contributed by atoms with Crippen LogP contribution >= 0.6 is 0 Å². The molecule has 0 spiro atoms. The zero-order valence-corrected chi connectivity index (χ0v) is 8.79. The monoisotopic (exact) mass is 215 g/mol. The molecule has 1 aromatic heterocycles. The second-order valence-electron chi connectivity index (χ2n) is 3.64. The Bertz CT molecular complexity index is 449. The number of aryl methyl sites for hydroxylation is 1. The van der Waals surface area contributed by atoms with Crippen LogP contribution in [0.25, 0.3) is 0 Å². The van der Waals surface area contributed by atoms with Crippen LogP contribution in [0.1, 0.15) is 29.3 Å². The van der Waals surface area contributed by atoms with Crippen LogP contribution < -0.4 is 5.14 Å². The molecule has 2 rings (SSSR count). The van der Waals surface area contributed by atoms with E-state index in [1.165, 1.54) is 0 Å². The highest BCUT2D eigenvalue weighted by Crippen LogP contribution is 2.33. The van der Waals surface area contributed by atoms with Crippen LogP contribution in [0.5, 0.6) is 0 Å². The molecule has 0 bridgehead atoms. The van der Waals surface area contributed by atoms with Crippen molar-refractivity contribution in [2.45, 2.75) is 24.5 Å². The lowest BCUT2D eigenvalue weighted by Gasteiger charge is -2.20. The van der Waals surface area contributed by atoms with Crippen molar-refractivity contribution in [1.29, 1.82) is 0 Å². The third kappa shape index (κ3) is 1.44. The normalized spacial score (nSPS) is 22.0. The predicted octanol–water partition coefficient (Wildman–Crippen LogP) is 0.0860. The number of primary sulfonamides is 1. The summed E-state index contributed by atoms with van der Waals surface area (Å²) in [5.41, 5.74) is 1.77. The Morgan fingerprint density at radius 2 is 2.36 bits per heavy atom. The van der Waals surface area contributed by atoms with Crippen LogP contribution in [-0.4, -0.2) is 18.2 Å². The number of rotatable bonds is 1.